The maximum atomic E-state index is 5.74. The zero-order valence-corrected chi connectivity index (χ0v) is 14.5. The molecule has 1 aliphatic rings. The third-order valence-electron chi connectivity index (χ3n) is 3.36. The van der Waals surface area contributed by atoms with Crippen LogP contribution in [0, 0.1) is 5.41 Å². The molecule has 0 atom stereocenters. The van der Waals surface area contributed by atoms with E-state index >= 15 is 0 Å². The summed E-state index contributed by atoms with van der Waals surface area (Å²) in [5.41, 5.74) is -0.0747. The van der Waals surface area contributed by atoms with Crippen LogP contribution >= 0.6 is 0 Å². The van der Waals surface area contributed by atoms with Crippen molar-refractivity contribution in [2.24, 2.45) is 5.41 Å². The molecule has 0 radical (unpaired) electrons. The predicted octanol–water partition coefficient (Wildman–Crippen LogP) is 1.63. The van der Waals surface area contributed by atoms with Crippen LogP contribution in [0.25, 0.3) is 0 Å². The fourth-order valence-corrected chi connectivity index (χ4v) is 2.03. The molecule has 0 unspecified atom stereocenters. The Morgan fingerprint density at radius 3 is 1.91 bits per heavy atom. The average Bonchev–Trinajstić information content (AvgIpc) is 2.49. The topological polar surface area (TPSA) is 55.4 Å². The summed E-state index contributed by atoms with van der Waals surface area (Å²) in [7, 11) is 1.57. The molecule has 1 heterocycles. The van der Waals surface area contributed by atoms with Gasteiger partial charge in [0.1, 0.15) is 0 Å². The van der Waals surface area contributed by atoms with Gasteiger partial charge in [0.2, 0.25) is 0 Å². The molecule has 0 aromatic rings. The Morgan fingerprint density at radius 1 is 0.909 bits per heavy atom. The van der Waals surface area contributed by atoms with Gasteiger partial charge in [-0.15, -0.1) is 0 Å². The SMILES string of the molecule is COCCOCCOCCOCC1(C)COB(C(C)C)OC1. The first-order valence-corrected chi connectivity index (χ1v) is 8.03. The van der Waals surface area contributed by atoms with Crippen molar-refractivity contribution < 1.29 is 28.3 Å². The number of methoxy groups -OCH3 is 1. The van der Waals surface area contributed by atoms with Crippen LogP contribution in [0.1, 0.15) is 20.8 Å². The van der Waals surface area contributed by atoms with E-state index in [1.807, 2.05) is 0 Å². The largest absolute Gasteiger partial charge is 0.459 e. The second-order valence-corrected chi connectivity index (χ2v) is 6.32. The lowest BCUT2D eigenvalue weighted by Gasteiger charge is -2.37. The smallest absolute Gasteiger partial charge is 0.410 e. The van der Waals surface area contributed by atoms with Gasteiger partial charge in [-0.3, -0.25) is 0 Å². The van der Waals surface area contributed by atoms with Crippen LogP contribution in [-0.2, 0) is 28.3 Å². The molecule has 130 valence electrons. The van der Waals surface area contributed by atoms with E-state index in [1.54, 1.807) is 7.11 Å². The van der Waals surface area contributed by atoms with Gasteiger partial charge < -0.3 is 28.3 Å². The van der Waals surface area contributed by atoms with E-state index in [9.17, 15) is 0 Å². The van der Waals surface area contributed by atoms with Crippen molar-refractivity contribution in [1.29, 1.82) is 0 Å². The monoisotopic (exact) mass is 318 g/mol. The van der Waals surface area contributed by atoms with Crippen molar-refractivity contribution in [1.82, 2.24) is 0 Å². The van der Waals surface area contributed by atoms with E-state index in [2.05, 4.69) is 20.8 Å². The number of rotatable bonds is 12. The fraction of sp³-hybridized carbons (Fsp3) is 1.00. The first-order chi connectivity index (χ1) is 10.6. The molecular formula is C15H31BO6. The molecule has 1 saturated heterocycles. The maximum absolute atomic E-state index is 5.74. The summed E-state index contributed by atoms with van der Waals surface area (Å²) in [5.74, 6) is 0.380. The van der Waals surface area contributed by atoms with Crippen molar-refractivity contribution >= 4 is 7.12 Å². The number of ether oxygens (including phenoxy) is 4. The van der Waals surface area contributed by atoms with Gasteiger partial charge in [-0.25, -0.2) is 0 Å². The van der Waals surface area contributed by atoms with Gasteiger partial charge in [-0.2, -0.15) is 0 Å². The Bertz CT molecular complexity index is 269. The Kier molecular flexibility index (Phi) is 10.3. The van der Waals surface area contributed by atoms with Gasteiger partial charge in [0.15, 0.2) is 0 Å². The number of hydrogen-bond donors (Lipinski definition) is 0. The maximum Gasteiger partial charge on any atom is 0.459 e. The Hall–Kier alpha value is -0.175. The van der Waals surface area contributed by atoms with Gasteiger partial charge in [-0.05, 0) is 5.82 Å². The summed E-state index contributed by atoms with van der Waals surface area (Å²) in [6.45, 7) is 11.8. The molecule has 22 heavy (non-hydrogen) atoms. The highest BCUT2D eigenvalue weighted by molar-refractivity contribution is 6.46. The van der Waals surface area contributed by atoms with Crippen molar-refractivity contribution in [3.8, 4) is 0 Å². The standard InChI is InChI=1S/C15H31BO6/c1-14(2)16-21-12-15(3,13-22-16)11-20-10-9-19-8-7-18-6-5-17-4/h14H,5-13H2,1-4H3. The van der Waals surface area contributed by atoms with Crippen LogP contribution in [0.15, 0.2) is 0 Å². The van der Waals surface area contributed by atoms with Gasteiger partial charge in [0.25, 0.3) is 0 Å². The average molecular weight is 318 g/mol. The lowest BCUT2D eigenvalue weighted by atomic mass is 9.72. The molecule has 0 N–H and O–H groups in total. The summed E-state index contributed by atoms with van der Waals surface area (Å²) in [4.78, 5) is 0. The molecule has 0 aromatic carbocycles. The highest BCUT2D eigenvalue weighted by atomic mass is 16.6. The first kappa shape index (κ1) is 19.9. The summed E-state index contributed by atoms with van der Waals surface area (Å²) in [6.07, 6.45) is 0. The molecule has 1 rings (SSSR count). The second-order valence-electron chi connectivity index (χ2n) is 6.32. The van der Waals surface area contributed by atoms with E-state index in [-0.39, 0.29) is 12.5 Å². The second kappa shape index (κ2) is 11.4. The van der Waals surface area contributed by atoms with Crippen LogP contribution in [-0.4, -0.2) is 73.7 Å². The highest BCUT2D eigenvalue weighted by Crippen LogP contribution is 2.26. The molecule has 0 bridgehead atoms. The summed E-state index contributed by atoms with van der Waals surface area (Å²) < 4.78 is 32.8. The summed E-state index contributed by atoms with van der Waals surface area (Å²) >= 11 is 0. The van der Waals surface area contributed by atoms with E-state index in [1.165, 1.54) is 0 Å². The minimum atomic E-state index is -0.0884. The lowest BCUT2D eigenvalue weighted by molar-refractivity contribution is -0.0585. The summed E-state index contributed by atoms with van der Waals surface area (Å²) in [6, 6.07) is 0. The van der Waals surface area contributed by atoms with Crippen LogP contribution in [0.4, 0.5) is 0 Å². The van der Waals surface area contributed by atoms with Crippen molar-refractivity contribution in [2.75, 3.05) is 66.6 Å². The molecule has 1 aliphatic heterocycles. The molecule has 0 amide bonds. The molecule has 0 saturated carbocycles. The Morgan fingerprint density at radius 2 is 1.41 bits per heavy atom. The van der Waals surface area contributed by atoms with E-state index in [0.717, 1.165) is 0 Å². The quantitative estimate of drug-likeness (QED) is 0.403. The molecule has 6 nitrogen and oxygen atoms in total. The van der Waals surface area contributed by atoms with Gasteiger partial charge in [0, 0.05) is 25.7 Å². The molecular weight excluding hydrogens is 287 g/mol. The van der Waals surface area contributed by atoms with Crippen LogP contribution in [0.2, 0.25) is 5.82 Å². The fourth-order valence-electron chi connectivity index (χ4n) is 2.03. The predicted molar refractivity (Wildman–Crippen MR) is 85.2 cm³/mol. The third-order valence-corrected chi connectivity index (χ3v) is 3.36. The van der Waals surface area contributed by atoms with Crippen LogP contribution in [0.3, 0.4) is 0 Å². The molecule has 0 aliphatic carbocycles. The van der Waals surface area contributed by atoms with Gasteiger partial charge >= 0.3 is 7.12 Å². The zero-order chi connectivity index (χ0) is 16.3. The van der Waals surface area contributed by atoms with Crippen molar-refractivity contribution in [3.63, 3.8) is 0 Å². The minimum Gasteiger partial charge on any atom is -0.410 e. The molecule has 1 fully saturated rings. The van der Waals surface area contributed by atoms with E-state index < -0.39 is 0 Å². The van der Waals surface area contributed by atoms with Gasteiger partial charge in [-0.1, -0.05) is 20.8 Å². The first-order valence-electron chi connectivity index (χ1n) is 8.03. The normalized spacial score (nSPS) is 18.1. The highest BCUT2D eigenvalue weighted by Gasteiger charge is 2.37. The Labute approximate surface area is 134 Å². The molecule has 7 heteroatoms. The third kappa shape index (κ3) is 8.46. The summed E-state index contributed by atoms with van der Waals surface area (Å²) in [5, 5.41) is 0. The Balaban J connectivity index is 1.94. The molecule has 0 aromatic heterocycles. The molecule has 0 spiro atoms. The van der Waals surface area contributed by atoms with Gasteiger partial charge in [0.05, 0.1) is 46.2 Å². The van der Waals surface area contributed by atoms with Crippen LogP contribution < -0.4 is 0 Å². The minimum absolute atomic E-state index is 0.0747. The lowest BCUT2D eigenvalue weighted by Crippen LogP contribution is -2.46. The van der Waals surface area contributed by atoms with Crippen molar-refractivity contribution in [2.45, 2.75) is 26.6 Å². The van der Waals surface area contributed by atoms with E-state index in [4.69, 9.17) is 28.3 Å². The zero-order valence-electron chi connectivity index (χ0n) is 14.5. The number of hydrogen-bond acceptors (Lipinski definition) is 6. The van der Waals surface area contributed by atoms with Crippen molar-refractivity contribution in [3.05, 3.63) is 0 Å². The van der Waals surface area contributed by atoms with Crippen LogP contribution in [0.5, 0.6) is 0 Å². The van der Waals surface area contributed by atoms with E-state index in [0.29, 0.717) is 65.3 Å².